The fourth-order valence-electron chi connectivity index (χ4n) is 2.72. The number of hydrogen-bond donors (Lipinski definition) is 1. The van der Waals surface area contributed by atoms with Crippen LogP contribution in [-0.4, -0.2) is 5.91 Å². The maximum atomic E-state index is 10.6. The Labute approximate surface area is 138 Å². The molecule has 0 aliphatic carbocycles. The summed E-state index contributed by atoms with van der Waals surface area (Å²) in [6, 6.07) is 0. The molecule has 0 heterocycles. The number of amides is 1. The van der Waals surface area contributed by atoms with E-state index in [4.69, 9.17) is 5.73 Å². The van der Waals surface area contributed by atoms with Gasteiger partial charge in [0.2, 0.25) is 5.91 Å². The third kappa shape index (κ3) is 19.2. The van der Waals surface area contributed by atoms with E-state index in [1.54, 1.807) is 0 Å². The predicted molar refractivity (Wildman–Crippen MR) is 97.9 cm³/mol. The molecule has 0 aliphatic heterocycles. The maximum absolute atomic E-state index is 10.6. The largest absolute Gasteiger partial charge is 0.370 e. The first kappa shape index (κ1) is 21.2. The number of carbonyl (C=O) groups is 1. The van der Waals surface area contributed by atoms with Crippen molar-refractivity contribution >= 4 is 5.91 Å². The van der Waals surface area contributed by atoms with Crippen molar-refractivity contribution in [3.8, 4) is 0 Å². The van der Waals surface area contributed by atoms with E-state index in [0.717, 1.165) is 12.8 Å². The molecule has 0 atom stereocenters. The zero-order valence-electron chi connectivity index (χ0n) is 15.0. The summed E-state index contributed by atoms with van der Waals surface area (Å²) >= 11 is 0. The molecule has 0 radical (unpaired) electrons. The van der Waals surface area contributed by atoms with Crippen molar-refractivity contribution in [1.82, 2.24) is 0 Å². The molecular formula is C20H39NO. The van der Waals surface area contributed by atoms with Gasteiger partial charge in [0, 0.05) is 6.42 Å². The quantitative estimate of drug-likeness (QED) is 0.249. The van der Waals surface area contributed by atoms with Gasteiger partial charge in [-0.05, 0) is 32.1 Å². The minimum Gasteiger partial charge on any atom is -0.370 e. The molecule has 1 amide bonds. The van der Waals surface area contributed by atoms with Crippen LogP contribution >= 0.6 is 0 Å². The van der Waals surface area contributed by atoms with Gasteiger partial charge in [-0.25, -0.2) is 0 Å². The summed E-state index contributed by atoms with van der Waals surface area (Å²) in [5.41, 5.74) is 5.12. The van der Waals surface area contributed by atoms with Gasteiger partial charge < -0.3 is 5.73 Å². The molecule has 22 heavy (non-hydrogen) atoms. The summed E-state index contributed by atoms with van der Waals surface area (Å²) in [6.07, 6.45) is 24.9. The molecule has 0 bridgehead atoms. The van der Waals surface area contributed by atoms with Crippen molar-refractivity contribution in [3.05, 3.63) is 12.2 Å². The topological polar surface area (TPSA) is 43.1 Å². The summed E-state index contributed by atoms with van der Waals surface area (Å²) in [7, 11) is 0. The summed E-state index contributed by atoms with van der Waals surface area (Å²) < 4.78 is 0. The molecule has 0 aromatic heterocycles. The molecule has 0 saturated heterocycles. The standard InChI is InChI=1S/C20H39NO/c1-2-3-4-5-6-7-8-9-10-11-12-13-14-15-16-17-18-19-20(21)22/h7-8H,2-6,9-19H2,1H3,(H2,21,22)/b8-7-. The van der Waals surface area contributed by atoms with E-state index in [1.807, 2.05) is 0 Å². The Morgan fingerprint density at radius 3 is 1.55 bits per heavy atom. The Hall–Kier alpha value is -0.790. The van der Waals surface area contributed by atoms with Gasteiger partial charge in [-0.15, -0.1) is 0 Å². The van der Waals surface area contributed by atoms with Crippen LogP contribution in [0.5, 0.6) is 0 Å². The van der Waals surface area contributed by atoms with Crippen LogP contribution in [0.1, 0.15) is 110 Å². The average Bonchev–Trinajstić information content (AvgIpc) is 2.50. The van der Waals surface area contributed by atoms with E-state index >= 15 is 0 Å². The third-order valence-electron chi connectivity index (χ3n) is 4.18. The predicted octanol–water partition coefficient (Wildman–Crippen LogP) is 6.29. The monoisotopic (exact) mass is 309 g/mol. The Morgan fingerprint density at radius 1 is 0.682 bits per heavy atom. The second kappa shape index (κ2) is 18.3. The van der Waals surface area contributed by atoms with E-state index < -0.39 is 0 Å². The summed E-state index contributed by atoms with van der Waals surface area (Å²) in [4.78, 5) is 10.6. The molecule has 0 spiro atoms. The van der Waals surface area contributed by atoms with Gasteiger partial charge in [0.05, 0.1) is 0 Å². The average molecular weight is 310 g/mol. The van der Waals surface area contributed by atoms with Crippen molar-refractivity contribution in [2.24, 2.45) is 5.73 Å². The van der Waals surface area contributed by atoms with Crippen molar-refractivity contribution < 1.29 is 4.79 Å². The second-order valence-corrected chi connectivity index (χ2v) is 6.51. The Morgan fingerprint density at radius 2 is 1.09 bits per heavy atom. The smallest absolute Gasteiger partial charge is 0.217 e. The van der Waals surface area contributed by atoms with E-state index in [-0.39, 0.29) is 5.91 Å². The number of rotatable bonds is 17. The second-order valence-electron chi connectivity index (χ2n) is 6.51. The van der Waals surface area contributed by atoms with Gasteiger partial charge in [-0.1, -0.05) is 83.3 Å². The van der Waals surface area contributed by atoms with Crippen molar-refractivity contribution in [1.29, 1.82) is 0 Å². The van der Waals surface area contributed by atoms with Gasteiger partial charge in [0.1, 0.15) is 0 Å². The number of carbonyl (C=O) groups excluding carboxylic acids is 1. The van der Waals surface area contributed by atoms with Gasteiger partial charge in [0.25, 0.3) is 0 Å². The molecule has 2 nitrogen and oxygen atoms in total. The molecular weight excluding hydrogens is 270 g/mol. The van der Waals surface area contributed by atoms with E-state index in [0.29, 0.717) is 6.42 Å². The number of allylic oxidation sites excluding steroid dienone is 2. The fraction of sp³-hybridized carbons (Fsp3) is 0.850. The highest BCUT2D eigenvalue weighted by molar-refractivity contribution is 5.73. The molecule has 0 unspecified atom stereocenters. The van der Waals surface area contributed by atoms with Crippen molar-refractivity contribution in [3.63, 3.8) is 0 Å². The molecule has 0 aliphatic rings. The highest BCUT2D eigenvalue weighted by Crippen LogP contribution is 2.11. The van der Waals surface area contributed by atoms with Crippen LogP contribution in [0.25, 0.3) is 0 Å². The Kier molecular flexibility index (Phi) is 17.6. The first-order valence-electron chi connectivity index (χ1n) is 9.70. The molecule has 0 aromatic rings. The summed E-state index contributed by atoms with van der Waals surface area (Å²) in [5.74, 6) is -0.157. The molecule has 0 saturated carbocycles. The third-order valence-corrected chi connectivity index (χ3v) is 4.18. The summed E-state index contributed by atoms with van der Waals surface area (Å²) in [6.45, 7) is 2.26. The number of nitrogens with two attached hydrogens (primary N) is 1. The van der Waals surface area contributed by atoms with Gasteiger partial charge in [-0.3, -0.25) is 4.79 Å². The molecule has 0 rings (SSSR count). The first-order chi connectivity index (χ1) is 10.8. The molecule has 130 valence electrons. The van der Waals surface area contributed by atoms with Crippen LogP contribution in [0.2, 0.25) is 0 Å². The van der Waals surface area contributed by atoms with Crippen molar-refractivity contribution in [2.45, 2.75) is 110 Å². The number of hydrogen-bond acceptors (Lipinski definition) is 1. The molecule has 0 fully saturated rings. The van der Waals surface area contributed by atoms with E-state index in [2.05, 4.69) is 19.1 Å². The van der Waals surface area contributed by atoms with Crippen LogP contribution < -0.4 is 5.73 Å². The lowest BCUT2D eigenvalue weighted by Crippen LogP contribution is -2.09. The zero-order valence-corrected chi connectivity index (χ0v) is 15.0. The minimum absolute atomic E-state index is 0.157. The Balaban J connectivity index is 3.05. The normalized spacial score (nSPS) is 11.3. The maximum Gasteiger partial charge on any atom is 0.217 e. The van der Waals surface area contributed by atoms with Gasteiger partial charge >= 0.3 is 0 Å². The van der Waals surface area contributed by atoms with Crippen LogP contribution in [-0.2, 0) is 4.79 Å². The van der Waals surface area contributed by atoms with E-state index in [1.165, 1.54) is 83.5 Å². The molecule has 2 heteroatoms. The molecule has 2 N–H and O–H groups in total. The highest BCUT2D eigenvalue weighted by Gasteiger charge is 1.95. The van der Waals surface area contributed by atoms with Crippen LogP contribution in [0, 0.1) is 0 Å². The lowest BCUT2D eigenvalue weighted by molar-refractivity contribution is -0.118. The van der Waals surface area contributed by atoms with Crippen LogP contribution in [0.4, 0.5) is 0 Å². The SMILES string of the molecule is CCCCCC/C=C\CCCCCCCCCCCC(N)=O. The fourth-order valence-corrected chi connectivity index (χ4v) is 2.72. The van der Waals surface area contributed by atoms with Gasteiger partial charge in [0.15, 0.2) is 0 Å². The summed E-state index contributed by atoms with van der Waals surface area (Å²) in [5, 5.41) is 0. The lowest BCUT2D eigenvalue weighted by atomic mass is 10.1. The van der Waals surface area contributed by atoms with Crippen molar-refractivity contribution in [2.75, 3.05) is 0 Å². The van der Waals surface area contributed by atoms with Gasteiger partial charge in [-0.2, -0.15) is 0 Å². The molecule has 0 aromatic carbocycles. The minimum atomic E-state index is -0.157. The number of primary amides is 1. The van der Waals surface area contributed by atoms with Crippen LogP contribution in [0.15, 0.2) is 12.2 Å². The van der Waals surface area contributed by atoms with Crippen LogP contribution in [0.3, 0.4) is 0 Å². The zero-order chi connectivity index (χ0) is 16.3. The first-order valence-corrected chi connectivity index (χ1v) is 9.70. The van der Waals surface area contributed by atoms with E-state index in [9.17, 15) is 4.79 Å². The lowest BCUT2D eigenvalue weighted by Gasteiger charge is -2.01. The highest BCUT2D eigenvalue weighted by atomic mass is 16.1. The Bertz CT molecular complexity index is 260. The number of unbranched alkanes of at least 4 members (excludes halogenated alkanes) is 13.